The highest BCUT2D eigenvalue weighted by atomic mass is 16.6. The minimum Gasteiger partial charge on any atom is -0.462 e. The number of hydrogen-bond acceptors (Lipinski definition) is 6. The van der Waals surface area contributed by atoms with E-state index >= 15 is 0 Å². The Morgan fingerprint density at radius 1 is 0.818 bits per heavy atom. The number of ether oxygens (including phenoxy) is 2. The molecule has 6 heteroatoms. The summed E-state index contributed by atoms with van der Waals surface area (Å²) in [6.07, 6.45) is 2.58. The predicted molar refractivity (Wildman–Crippen MR) is 134 cm³/mol. The molecular formula is C27H52N2O4. The summed E-state index contributed by atoms with van der Waals surface area (Å²) in [5.41, 5.74) is -1.63. The van der Waals surface area contributed by atoms with Crippen LogP contribution in [0.2, 0.25) is 0 Å². The number of esters is 1. The molecule has 0 aromatic carbocycles. The van der Waals surface area contributed by atoms with Crippen LogP contribution in [-0.4, -0.2) is 51.7 Å². The lowest BCUT2D eigenvalue weighted by Gasteiger charge is -2.48. The topological polar surface area (TPSA) is 79.8 Å². The Morgan fingerprint density at radius 2 is 1.18 bits per heavy atom. The van der Waals surface area contributed by atoms with Gasteiger partial charge in [-0.15, -0.1) is 0 Å². The van der Waals surface area contributed by atoms with Crippen LogP contribution in [0.15, 0.2) is 0 Å². The van der Waals surface area contributed by atoms with Crippen LogP contribution in [0, 0.1) is 10.8 Å². The molecule has 1 unspecified atom stereocenters. The molecule has 2 rings (SSSR count). The molecule has 0 amide bonds. The molecule has 2 fully saturated rings. The molecule has 0 aromatic heterocycles. The smallest absolute Gasteiger partial charge is 0.311 e. The molecule has 6 nitrogen and oxygen atoms in total. The molecule has 194 valence electrons. The Hall–Kier alpha value is -0.690. The minimum absolute atomic E-state index is 0.0419. The number of aliphatic hydroxyl groups is 1. The molecule has 0 saturated carbocycles. The monoisotopic (exact) mass is 468 g/mol. The van der Waals surface area contributed by atoms with E-state index < -0.39 is 17.1 Å². The van der Waals surface area contributed by atoms with Crippen LogP contribution >= 0.6 is 0 Å². The van der Waals surface area contributed by atoms with E-state index in [0.717, 1.165) is 25.7 Å². The van der Waals surface area contributed by atoms with Crippen molar-refractivity contribution in [1.29, 1.82) is 0 Å². The lowest BCUT2D eigenvalue weighted by Crippen LogP contribution is -2.60. The van der Waals surface area contributed by atoms with Crippen LogP contribution in [0.4, 0.5) is 0 Å². The van der Waals surface area contributed by atoms with Crippen LogP contribution in [-0.2, 0) is 14.3 Å². The Labute approximate surface area is 202 Å². The van der Waals surface area contributed by atoms with Crippen molar-refractivity contribution in [2.24, 2.45) is 10.8 Å². The van der Waals surface area contributed by atoms with Crippen LogP contribution in [0.1, 0.15) is 115 Å². The third-order valence-corrected chi connectivity index (χ3v) is 7.02. The molecule has 0 aliphatic carbocycles. The van der Waals surface area contributed by atoms with Crippen molar-refractivity contribution in [3.8, 4) is 0 Å². The SMILES string of the molecule is CC1(C)CC(OC(=O)C(C)(C)CC(C)(C)C(O)OC2CC(C)(C)NC(C)(C)C2)CC(C)(C)N1. The van der Waals surface area contributed by atoms with Gasteiger partial charge in [-0.25, -0.2) is 0 Å². The zero-order valence-electron chi connectivity index (χ0n) is 23.4. The molecule has 0 aromatic rings. The quantitative estimate of drug-likeness (QED) is 0.363. The number of hydrogen-bond donors (Lipinski definition) is 3. The summed E-state index contributed by atoms with van der Waals surface area (Å²) in [4.78, 5) is 13.2. The van der Waals surface area contributed by atoms with E-state index in [1.807, 2.05) is 27.7 Å². The van der Waals surface area contributed by atoms with Crippen LogP contribution < -0.4 is 10.6 Å². The fraction of sp³-hybridized carbons (Fsp3) is 0.963. The Bertz CT molecular complexity index is 677. The average Bonchev–Trinajstić information content (AvgIpc) is 2.46. The van der Waals surface area contributed by atoms with Gasteiger partial charge in [-0.05, 0) is 88.5 Å². The highest BCUT2D eigenvalue weighted by Gasteiger charge is 2.46. The first-order valence-electron chi connectivity index (χ1n) is 12.7. The molecule has 2 saturated heterocycles. The van der Waals surface area contributed by atoms with Gasteiger partial charge in [0.15, 0.2) is 6.29 Å². The summed E-state index contributed by atoms with van der Waals surface area (Å²) in [7, 11) is 0. The van der Waals surface area contributed by atoms with E-state index in [0.29, 0.717) is 6.42 Å². The number of aliphatic hydroxyl groups excluding tert-OH is 1. The maximum atomic E-state index is 13.2. The van der Waals surface area contributed by atoms with Gasteiger partial charge in [0.05, 0.1) is 11.5 Å². The van der Waals surface area contributed by atoms with Gasteiger partial charge in [0.2, 0.25) is 0 Å². The molecule has 2 aliphatic rings. The number of carbonyl (C=O) groups excluding carboxylic acids is 1. The van der Waals surface area contributed by atoms with Crippen molar-refractivity contribution in [2.45, 2.75) is 156 Å². The van der Waals surface area contributed by atoms with Gasteiger partial charge < -0.3 is 25.2 Å². The third kappa shape index (κ3) is 8.19. The molecule has 1 atom stereocenters. The van der Waals surface area contributed by atoms with Gasteiger partial charge >= 0.3 is 5.97 Å². The van der Waals surface area contributed by atoms with Crippen molar-refractivity contribution in [2.75, 3.05) is 0 Å². The molecule has 0 spiro atoms. The summed E-state index contributed by atoms with van der Waals surface area (Å²) in [5.74, 6) is -0.203. The van der Waals surface area contributed by atoms with Gasteiger partial charge in [0.1, 0.15) is 6.10 Å². The average molecular weight is 469 g/mol. The first-order chi connectivity index (χ1) is 14.5. The molecular weight excluding hydrogens is 416 g/mol. The Kier molecular flexibility index (Phi) is 7.85. The minimum atomic E-state index is -0.962. The lowest BCUT2D eigenvalue weighted by molar-refractivity contribution is -0.215. The predicted octanol–water partition coefficient (Wildman–Crippen LogP) is 4.93. The zero-order valence-corrected chi connectivity index (χ0v) is 23.4. The van der Waals surface area contributed by atoms with Gasteiger partial charge in [-0.1, -0.05) is 13.8 Å². The van der Waals surface area contributed by atoms with Gasteiger partial charge in [0, 0.05) is 40.4 Å². The van der Waals surface area contributed by atoms with Gasteiger partial charge in [-0.3, -0.25) is 4.79 Å². The zero-order chi connectivity index (χ0) is 25.7. The first kappa shape index (κ1) is 28.5. The fourth-order valence-electron chi connectivity index (χ4n) is 6.61. The van der Waals surface area contributed by atoms with Crippen LogP contribution in [0.5, 0.6) is 0 Å². The van der Waals surface area contributed by atoms with E-state index in [4.69, 9.17) is 9.47 Å². The molecule has 2 heterocycles. The molecule has 0 bridgehead atoms. The summed E-state index contributed by atoms with van der Waals surface area (Å²) in [6, 6.07) is 0. The summed E-state index contributed by atoms with van der Waals surface area (Å²) < 4.78 is 12.3. The standard InChI is InChI=1S/C27H52N2O4/c1-22(2,20(30)32-18-13-24(5,6)28-25(7,8)14-18)17-23(3,4)21(31)33-19-15-26(9,10)29-27(11,12)16-19/h18-20,28-30H,13-17H2,1-12H3. The molecule has 3 N–H and O–H groups in total. The highest BCUT2D eigenvalue weighted by molar-refractivity contribution is 5.76. The number of piperidine rings is 2. The number of carbonyl (C=O) groups is 1. The van der Waals surface area contributed by atoms with E-state index in [9.17, 15) is 9.90 Å². The molecule has 0 radical (unpaired) electrons. The van der Waals surface area contributed by atoms with Crippen molar-refractivity contribution in [3.05, 3.63) is 0 Å². The normalized spacial score (nSPS) is 26.6. The Balaban J connectivity index is 2.02. The van der Waals surface area contributed by atoms with Crippen LogP contribution in [0.25, 0.3) is 0 Å². The second-order valence-corrected chi connectivity index (χ2v) is 14.8. The summed E-state index contributed by atoms with van der Waals surface area (Å²) in [6.45, 7) is 25.1. The molecule has 2 aliphatic heterocycles. The van der Waals surface area contributed by atoms with Crippen molar-refractivity contribution in [3.63, 3.8) is 0 Å². The van der Waals surface area contributed by atoms with E-state index in [-0.39, 0.29) is 40.3 Å². The second-order valence-electron chi connectivity index (χ2n) is 14.8. The van der Waals surface area contributed by atoms with Crippen molar-refractivity contribution < 1.29 is 19.4 Å². The van der Waals surface area contributed by atoms with E-state index in [1.165, 1.54) is 0 Å². The van der Waals surface area contributed by atoms with Crippen molar-refractivity contribution >= 4 is 5.97 Å². The number of nitrogens with one attached hydrogen (secondary N) is 2. The van der Waals surface area contributed by atoms with Crippen LogP contribution in [0.3, 0.4) is 0 Å². The Morgan fingerprint density at radius 3 is 1.58 bits per heavy atom. The second kappa shape index (κ2) is 9.07. The summed E-state index contributed by atoms with van der Waals surface area (Å²) in [5, 5.41) is 18.4. The fourth-order valence-corrected chi connectivity index (χ4v) is 6.61. The first-order valence-corrected chi connectivity index (χ1v) is 12.7. The van der Waals surface area contributed by atoms with Gasteiger partial charge in [-0.2, -0.15) is 0 Å². The van der Waals surface area contributed by atoms with E-state index in [1.54, 1.807) is 0 Å². The summed E-state index contributed by atoms with van der Waals surface area (Å²) >= 11 is 0. The molecule has 33 heavy (non-hydrogen) atoms. The third-order valence-electron chi connectivity index (χ3n) is 7.02. The largest absolute Gasteiger partial charge is 0.462 e. The van der Waals surface area contributed by atoms with Crippen molar-refractivity contribution in [1.82, 2.24) is 10.6 Å². The number of rotatable bonds is 7. The maximum Gasteiger partial charge on any atom is 0.311 e. The maximum absolute atomic E-state index is 13.2. The lowest BCUT2D eigenvalue weighted by atomic mass is 9.74. The highest BCUT2D eigenvalue weighted by Crippen LogP contribution is 2.41. The van der Waals surface area contributed by atoms with Gasteiger partial charge in [0.25, 0.3) is 0 Å². The van der Waals surface area contributed by atoms with E-state index in [2.05, 4.69) is 66.0 Å².